The number of nitrogens with one attached hydrogen (secondary N) is 2. The Balaban J connectivity index is 1.66. The van der Waals surface area contributed by atoms with Crippen molar-refractivity contribution in [3.8, 4) is 5.75 Å². The molecular weight excluding hydrogens is 418 g/mol. The van der Waals surface area contributed by atoms with Gasteiger partial charge in [-0.2, -0.15) is 0 Å². The number of anilines is 2. The van der Waals surface area contributed by atoms with Gasteiger partial charge in [0.05, 0.1) is 18.5 Å². The molecule has 170 valence electrons. The molecular formula is C26H27N3O4. The van der Waals surface area contributed by atoms with Crippen LogP contribution in [0.15, 0.2) is 78.9 Å². The summed E-state index contributed by atoms with van der Waals surface area (Å²) < 4.78 is 5.28. The molecule has 1 aliphatic rings. The zero-order chi connectivity index (χ0) is 23.4. The molecule has 0 unspecified atom stereocenters. The predicted octanol–water partition coefficient (Wildman–Crippen LogP) is 4.03. The van der Waals surface area contributed by atoms with Crippen LogP contribution in [-0.4, -0.2) is 30.2 Å². The molecule has 3 N–H and O–H groups in total. The number of aryl methyl sites for hydroxylation is 1. The van der Waals surface area contributed by atoms with Gasteiger partial charge in [-0.05, 0) is 43.5 Å². The van der Waals surface area contributed by atoms with E-state index in [1.807, 2.05) is 37.3 Å². The van der Waals surface area contributed by atoms with Crippen molar-refractivity contribution in [1.82, 2.24) is 5.32 Å². The second kappa shape index (κ2) is 9.34. The van der Waals surface area contributed by atoms with Crippen LogP contribution < -0.4 is 20.3 Å². The minimum Gasteiger partial charge on any atom is -0.497 e. The molecule has 3 amide bonds. The van der Waals surface area contributed by atoms with E-state index in [1.54, 1.807) is 48.5 Å². The monoisotopic (exact) mass is 445 g/mol. The Morgan fingerprint density at radius 2 is 1.82 bits per heavy atom. The number of ether oxygens (including phenoxy) is 1. The first-order chi connectivity index (χ1) is 15.9. The Kier molecular flexibility index (Phi) is 6.33. The van der Waals surface area contributed by atoms with Crippen molar-refractivity contribution in [2.75, 3.05) is 17.3 Å². The van der Waals surface area contributed by atoms with Gasteiger partial charge in [0.25, 0.3) is 11.6 Å². The number of amides is 3. The maximum Gasteiger partial charge on any atom is 0.329 e. The summed E-state index contributed by atoms with van der Waals surface area (Å²) in [5.41, 5.74) is -0.0724. The first-order valence-electron chi connectivity index (χ1n) is 10.9. The first kappa shape index (κ1) is 22.4. The van der Waals surface area contributed by atoms with Gasteiger partial charge in [-0.3, -0.25) is 9.69 Å². The van der Waals surface area contributed by atoms with Gasteiger partial charge in [0.15, 0.2) is 0 Å². The number of para-hydroxylation sites is 1. The van der Waals surface area contributed by atoms with Gasteiger partial charge < -0.3 is 20.5 Å². The van der Waals surface area contributed by atoms with Crippen LogP contribution in [0.5, 0.6) is 5.75 Å². The van der Waals surface area contributed by atoms with Gasteiger partial charge in [0.2, 0.25) is 0 Å². The van der Waals surface area contributed by atoms with Crippen LogP contribution in [0.4, 0.5) is 16.2 Å². The van der Waals surface area contributed by atoms with Crippen LogP contribution in [-0.2, 0) is 16.9 Å². The van der Waals surface area contributed by atoms with E-state index in [1.165, 1.54) is 7.11 Å². The molecule has 7 nitrogen and oxygen atoms in total. The van der Waals surface area contributed by atoms with Crippen LogP contribution in [0.2, 0.25) is 0 Å². The Bertz CT molecular complexity index is 1150. The second-order valence-electron chi connectivity index (χ2n) is 8.08. The summed E-state index contributed by atoms with van der Waals surface area (Å²) >= 11 is 0. The Labute approximate surface area is 193 Å². The normalized spacial score (nSPS) is 18.2. The van der Waals surface area contributed by atoms with E-state index in [2.05, 4.69) is 10.6 Å². The molecule has 1 heterocycles. The van der Waals surface area contributed by atoms with Crippen LogP contribution in [0.25, 0.3) is 0 Å². The van der Waals surface area contributed by atoms with Gasteiger partial charge >= 0.3 is 6.03 Å². The minimum atomic E-state index is -2.24. The highest BCUT2D eigenvalue weighted by atomic mass is 16.5. The molecule has 3 aromatic rings. The molecule has 4 rings (SSSR count). The lowest BCUT2D eigenvalue weighted by atomic mass is 9.94. The van der Waals surface area contributed by atoms with Crippen LogP contribution in [0, 0.1) is 0 Å². The summed E-state index contributed by atoms with van der Waals surface area (Å²) in [5.74, 6) is -0.175. The van der Waals surface area contributed by atoms with Crippen molar-refractivity contribution >= 4 is 23.3 Å². The van der Waals surface area contributed by atoms with Crippen molar-refractivity contribution in [3.63, 3.8) is 0 Å². The Hall–Kier alpha value is -3.84. The number of hydrogen-bond donors (Lipinski definition) is 3. The van der Waals surface area contributed by atoms with Crippen molar-refractivity contribution in [2.24, 2.45) is 0 Å². The fourth-order valence-electron chi connectivity index (χ4n) is 4.04. The first-order valence-corrected chi connectivity index (χ1v) is 10.9. The van der Waals surface area contributed by atoms with Gasteiger partial charge in [-0.1, -0.05) is 54.6 Å². The van der Waals surface area contributed by atoms with E-state index in [4.69, 9.17) is 4.74 Å². The SMILES string of the molecule is COc1cccc(N2C(=O)Nc3ccccc3[C@]2(O)C(=O)N[C@H](C)CCc2ccccc2)c1. The fourth-order valence-corrected chi connectivity index (χ4v) is 4.04. The summed E-state index contributed by atoms with van der Waals surface area (Å²) in [7, 11) is 1.51. The Morgan fingerprint density at radius 3 is 2.58 bits per heavy atom. The molecule has 2 atom stereocenters. The fraction of sp³-hybridized carbons (Fsp3) is 0.231. The minimum absolute atomic E-state index is 0.231. The predicted molar refractivity (Wildman–Crippen MR) is 127 cm³/mol. The molecule has 0 aliphatic carbocycles. The van der Waals surface area contributed by atoms with Gasteiger partial charge in [0.1, 0.15) is 5.75 Å². The van der Waals surface area contributed by atoms with E-state index >= 15 is 0 Å². The maximum atomic E-state index is 13.6. The van der Waals surface area contributed by atoms with E-state index in [0.29, 0.717) is 29.1 Å². The second-order valence-corrected chi connectivity index (χ2v) is 8.08. The van der Waals surface area contributed by atoms with E-state index in [-0.39, 0.29) is 6.04 Å². The number of methoxy groups -OCH3 is 1. The van der Waals surface area contributed by atoms with Gasteiger partial charge in [-0.15, -0.1) is 0 Å². The number of rotatable bonds is 7. The van der Waals surface area contributed by atoms with E-state index in [0.717, 1.165) is 16.9 Å². The van der Waals surface area contributed by atoms with Crippen molar-refractivity contribution in [1.29, 1.82) is 0 Å². The lowest BCUT2D eigenvalue weighted by Gasteiger charge is -2.43. The number of fused-ring (bicyclic) bond motifs is 1. The zero-order valence-electron chi connectivity index (χ0n) is 18.6. The number of aliphatic hydroxyl groups is 1. The van der Waals surface area contributed by atoms with Crippen molar-refractivity contribution in [3.05, 3.63) is 90.0 Å². The summed E-state index contributed by atoms with van der Waals surface area (Å²) in [5, 5.41) is 17.6. The largest absolute Gasteiger partial charge is 0.497 e. The molecule has 0 saturated carbocycles. The zero-order valence-corrected chi connectivity index (χ0v) is 18.6. The average molecular weight is 446 g/mol. The van der Waals surface area contributed by atoms with Gasteiger partial charge in [-0.25, -0.2) is 4.79 Å². The third-order valence-corrected chi connectivity index (χ3v) is 5.79. The highest BCUT2D eigenvalue weighted by Gasteiger charge is 2.52. The maximum absolute atomic E-state index is 13.6. The molecule has 0 bridgehead atoms. The number of benzene rings is 3. The third kappa shape index (κ3) is 4.40. The smallest absolute Gasteiger partial charge is 0.329 e. The van der Waals surface area contributed by atoms with Crippen LogP contribution in [0.3, 0.4) is 0 Å². The molecule has 0 radical (unpaired) electrons. The molecule has 0 spiro atoms. The summed E-state index contributed by atoms with van der Waals surface area (Å²) in [6, 6.07) is 22.6. The Morgan fingerprint density at radius 1 is 1.09 bits per heavy atom. The van der Waals surface area contributed by atoms with E-state index < -0.39 is 17.7 Å². The van der Waals surface area contributed by atoms with Crippen LogP contribution in [0.1, 0.15) is 24.5 Å². The van der Waals surface area contributed by atoms with Crippen LogP contribution >= 0.6 is 0 Å². The lowest BCUT2D eigenvalue weighted by molar-refractivity contribution is -0.141. The van der Waals surface area contributed by atoms with E-state index in [9.17, 15) is 14.7 Å². The molecule has 7 heteroatoms. The average Bonchev–Trinajstić information content (AvgIpc) is 2.83. The van der Waals surface area contributed by atoms with Crippen molar-refractivity contribution in [2.45, 2.75) is 31.5 Å². The summed E-state index contributed by atoms with van der Waals surface area (Å²) in [4.78, 5) is 27.7. The molecule has 0 fully saturated rings. The topological polar surface area (TPSA) is 90.9 Å². The molecule has 0 aromatic heterocycles. The highest BCUT2D eigenvalue weighted by molar-refractivity contribution is 6.11. The molecule has 33 heavy (non-hydrogen) atoms. The number of hydrogen-bond acceptors (Lipinski definition) is 4. The quantitative estimate of drug-likeness (QED) is 0.512. The summed E-state index contributed by atoms with van der Waals surface area (Å²) in [6.07, 6.45) is 1.45. The molecule has 0 saturated heterocycles. The number of nitrogens with zero attached hydrogens (tertiary/aromatic N) is 1. The number of carbonyl (C=O) groups excluding carboxylic acids is 2. The molecule has 1 aliphatic heterocycles. The molecule has 3 aromatic carbocycles. The third-order valence-electron chi connectivity index (χ3n) is 5.79. The number of carbonyl (C=O) groups is 2. The van der Waals surface area contributed by atoms with Crippen molar-refractivity contribution < 1.29 is 19.4 Å². The van der Waals surface area contributed by atoms with Gasteiger partial charge in [0, 0.05) is 17.7 Å². The number of urea groups is 1. The summed E-state index contributed by atoms with van der Waals surface area (Å²) in [6.45, 7) is 1.88. The highest BCUT2D eigenvalue weighted by Crippen LogP contribution is 2.40. The standard InChI is InChI=1S/C26H27N3O4/c1-18(15-16-19-9-4-3-5-10-19)27-24(30)26(32)22-13-6-7-14-23(22)28-25(31)29(26)20-11-8-12-21(17-20)33-2/h3-14,17-18,32H,15-16H2,1-2H3,(H,27,30)(H,28,31)/t18-,26+/m1/s1. The lowest BCUT2D eigenvalue weighted by Crippen LogP contribution is -2.63.